The third kappa shape index (κ3) is 7.08. The van der Waals surface area contributed by atoms with Crippen LogP contribution in [0.3, 0.4) is 0 Å². The lowest BCUT2D eigenvalue weighted by molar-refractivity contribution is -0.134. The molecule has 0 radical (unpaired) electrons. The second-order valence-corrected chi connectivity index (χ2v) is 14.9. The maximum atomic E-state index is 13.2. The van der Waals surface area contributed by atoms with Crippen molar-refractivity contribution in [3.8, 4) is 34.4 Å². The zero-order valence-corrected chi connectivity index (χ0v) is 32.7. The average molecular weight is 786 g/mol. The van der Waals surface area contributed by atoms with E-state index in [1.54, 1.807) is 29.9 Å². The van der Waals surface area contributed by atoms with Crippen molar-refractivity contribution in [2.75, 3.05) is 37.7 Å². The van der Waals surface area contributed by atoms with Crippen molar-refractivity contribution < 1.29 is 23.5 Å². The molecule has 9 rings (SSSR count). The summed E-state index contributed by atoms with van der Waals surface area (Å²) in [7, 11) is 1.80. The number of fused-ring (bicyclic) bond motifs is 3. The standard InChI is InChI=1S/C46H39N7O6/c1-26-19-29(24-49-42(26)45(56)47-14-6-8-30-22-34-31(9-5-11-39(34)59-30)33-12-13-41(54)51-44(33)55)37-21-28-7-4-10-32(36(28)25-48-37)43-35-20-27(2)46(57)52(3)38(35)23-40(50-43)53-15-17-58-18-16-53/h4-5,7,9-11,19-25,33H,12-18H2,1-3H3,(H,47,56)(H,51,54,55). The molecule has 2 aliphatic heterocycles. The zero-order chi connectivity index (χ0) is 40.8. The SMILES string of the molecule is Cc1cc(-c2cc3cccc(-c4nc(N5CCOCC5)cc5c4cc(C)c(=O)n5C)c3cn2)cnc1C(=O)NCC#Cc1cc2c(C3CCC(=O)NC3=O)cccc2o1. The second kappa shape index (κ2) is 15.3. The normalized spacial score (nSPS) is 15.6. The number of anilines is 1. The third-order valence-corrected chi connectivity index (χ3v) is 11.1. The number of hydrogen-bond donors (Lipinski definition) is 2. The van der Waals surface area contributed by atoms with Gasteiger partial charge in [0, 0.05) is 83.9 Å². The summed E-state index contributed by atoms with van der Waals surface area (Å²) >= 11 is 0. The Morgan fingerprint density at radius 2 is 1.76 bits per heavy atom. The van der Waals surface area contributed by atoms with Crippen LogP contribution < -0.4 is 21.1 Å². The molecule has 294 valence electrons. The summed E-state index contributed by atoms with van der Waals surface area (Å²) in [6, 6.07) is 21.1. The molecule has 1 unspecified atom stereocenters. The number of benzene rings is 2. The van der Waals surface area contributed by atoms with E-state index in [1.807, 2.05) is 74.6 Å². The van der Waals surface area contributed by atoms with Crippen molar-refractivity contribution in [2.24, 2.45) is 7.05 Å². The van der Waals surface area contributed by atoms with Crippen molar-refractivity contribution in [2.45, 2.75) is 32.6 Å². The summed E-state index contributed by atoms with van der Waals surface area (Å²) in [4.78, 5) is 67.1. The molecule has 7 aromatic rings. The Labute approximate surface area is 338 Å². The molecule has 13 nitrogen and oxygen atoms in total. The van der Waals surface area contributed by atoms with Crippen molar-refractivity contribution >= 4 is 56.2 Å². The van der Waals surface area contributed by atoms with Crippen LogP contribution in [0.4, 0.5) is 5.82 Å². The highest BCUT2D eigenvalue weighted by molar-refractivity contribution is 6.05. The lowest BCUT2D eigenvalue weighted by Crippen LogP contribution is -2.39. The molecular weight excluding hydrogens is 747 g/mol. The van der Waals surface area contributed by atoms with Gasteiger partial charge in [-0.25, -0.2) is 4.98 Å². The topological polar surface area (TPSA) is 162 Å². The highest BCUT2D eigenvalue weighted by atomic mass is 16.5. The zero-order valence-electron chi connectivity index (χ0n) is 32.7. The molecule has 2 fully saturated rings. The van der Waals surface area contributed by atoms with Crippen LogP contribution in [0.2, 0.25) is 0 Å². The average Bonchev–Trinajstić information content (AvgIpc) is 3.67. The first-order valence-electron chi connectivity index (χ1n) is 19.5. The van der Waals surface area contributed by atoms with E-state index >= 15 is 0 Å². The molecule has 0 bridgehead atoms. The van der Waals surface area contributed by atoms with E-state index in [1.165, 1.54) is 0 Å². The molecule has 59 heavy (non-hydrogen) atoms. The summed E-state index contributed by atoms with van der Waals surface area (Å²) in [5.41, 5.74) is 6.87. The molecule has 2 N–H and O–H groups in total. The fourth-order valence-electron chi connectivity index (χ4n) is 8.03. The lowest BCUT2D eigenvalue weighted by atomic mass is 9.88. The van der Waals surface area contributed by atoms with Crippen molar-refractivity contribution in [3.63, 3.8) is 0 Å². The molecule has 5 aromatic heterocycles. The van der Waals surface area contributed by atoms with Gasteiger partial charge in [-0.2, -0.15) is 0 Å². The third-order valence-electron chi connectivity index (χ3n) is 11.1. The van der Waals surface area contributed by atoms with Crippen molar-refractivity contribution in [1.29, 1.82) is 0 Å². The molecule has 2 aromatic carbocycles. The van der Waals surface area contributed by atoms with Crippen molar-refractivity contribution in [3.05, 3.63) is 118 Å². The number of piperidine rings is 1. The maximum Gasteiger partial charge on any atom is 0.270 e. The van der Waals surface area contributed by atoms with Gasteiger partial charge in [-0.3, -0.25) is 34.5 Å². The highest BCUT2D eigenvalue weighted by Crippen LogP contribution is 2.36. The minimum absolute atomic E-state index is 0.0449. The van der Waals surface area contributed by atoms with Gasteiger partial charge in [-0.05, 0) is 67.0 Å². The minimum atomic E-state index is -0.446. The first-order chi connectivity index (χ1) is 28.6. The number of carbonyl (C=O) groups excluding carboxylic acids is 3. The summed E-state index contributed by atoms with van der Waals surface area (Å²) in [6.07, 6.45) is 4.20. The molecule has 0 aliphatic carbocycles. The Bertz CT molecular complexity index is 3010. The van der Waals surface area contributed by atoms with Gasteiger partial charge in [0.2, 0.25) is 11.8 Å². The van der Waals surface area contributed by atoms with Crippen molar-refractivity contribution in [1.82, 2.24) is 30.2 Å². The van der Waals surface area contributed by atoms with E-state index in [0.29, 0.717) is 60.9 Å². The fraction of sp³-hybridized carbons (Fsp3) is 0.239. The van der Waals surface area contributed by atoms with Crippen LogP contribution in [0.15, 0.2) is 88.3 Å². The highest BCUT2D eigenvalue weighted by Gasteiger charge is 2.30. The van der Waals surface area contributed by atoms with Crippen LogP contribution in [-0.2, 0) is 21.4 Å². The number of pyridine rings is 4. The number of imide groups is 1. The predicted molar refractivity (Wildman–Crippen MR) is 224 cm³/mol. The predicted octanol–water partition coefficient (Wildman–Crippen LogP) is 5.71. The Morgan fingerprint density at radius 1 is 0.932 bits per heavy atom. The molecule has 2 aliphatic rings. The quantitative estimate of drug-likeness (QED) is 0.158. The molecule has 3 amide bonds. The van der Waals surface area contributed by atoms with Gasteiger partial charge in [0.15, 0.2) is 5.76 Å². The number of aryl methyl sites for hydroxylation is 3. The van der Waals surface area contributed by atoms with E-state index in [4.69, 9.17) is 19.1 Å². The van der Waals surface area contributed by atoms with Crippen LogP contribution in [0.25, 0.3) is 55.2 Å². The van der Waals surface area contributed by atoms with Gasteiger partial charge in [0.05, 0.1) is 42.6 Å². The number of aromatic nitrogens is 4. The van der Waals surface area contributed by atoms with E-state index in [2.05, 4.69) is 32.4 Å². The Hall–Kier alpha value is -7.17. The first-order valence-corrected chi connectivity index (χ1v) is 19.5. The number of ether oxygens (including phenoxy) is 1. The van der Waals surface area contributed by atoms with Gasteiger partial charge in [-0.1, -0.05) is 36.3 Å². The number of nitrogens with one attached hydrogen (secondary N) is 2. The summed E-state index contributed by atoms with van der Waals surface area (Å²) in [5.74, 6) is 5.70. The van der Waals surface area contributed by atoms with Crippen LogP contribution in [0, 0.1) is 25.7 Å². The lowest BCUT2D eigenvalue weighted by Gasteiger charge is -2.29. The van der Waals surface area contributed by atoms with Gasteiger partial charge in [0.1, 0.15) is 17.1 Å². The number of rotatable bonds is 6. The van der Waals surface area contributed by atoms with E-state index in [-0.39, 0.29) is 41.9 Å². The number of hydrogen-bond acceptors (Lipinski definition) is 10. The largest absolute Gasteiger partial charge is 0.448 e. The number of nitrogens with zero attached hydrogens (tertiary/aromatic N) is 5. The molecule has 13 heteroatoms. The Kier molecular flexibility index (Phi) is 9.70. The van der Waals surface area contributed by atoms with E-state index in [9.17, 15) is 19.2 Å². The molecule has 1 atom stereocenters. The van der Waals surface area contributed by atoms with Gasteiger partial charge >= 0.3 is 0 Å². The number of carbonyl (C=O) groups is 3. The van der Waals surface area contributed by atoms with Crippen LogP contribution in [0.5, 0.6) is 0 Å². The number of furan rings is 1. The van der Waals surface area contributed by atoms with E-state index < -0.39 is 5.92 Å². The first kappa shape index (κ1) is 37.4. The summed E-state index contributed by atoms with van der Waals surface area (Å²) < 4.78 is 13.2. The summed E-state index contributed by atoms with van der Waals surface area (Å²) in [5, 5.41) is 8.74. The maximum absolute atomic E-state index is 13.2. The van der Waals surface area contributed by atoms with Gasteiger partial charge in [-0.15, -0.1) is 0 Å². The number of morpholine rings is 1. The molecule has 0 spiro atoms. The minimum Gasteiger partial charge on any atom is -0.448 e. The fourth-order valence-corrected chi connectivity index (χ4v) is 8.03. The van der Waals surface area contributed by atoms with E-state index in [0.717, 1.165) is 55.3 Å². The van der Waals surface area contributed by atoms with Gasteiger partial charge in [0.25, 0.3) is 11.5 Å². The molecule has 0 saturated carbocycles. The molecule has 2 saturated heterocycles. The van der Waals surface area contributed by atoms with Crippen LogP contribution in [0.1, 0.15) is 51.7 Å². The Morgan fingerprint density at radius 3 is 2.58 bits per heavy atom. The number of amides is 3. The smallest absolute Gasteiger partial charge is 0.270 e. The molecule has 7 heterocycles. The monoisotopic (exact) mass is 785 g/mol. The van der Waals surface area contributed by atoms with Crippen LogP contribution >= 0.6 is 0 Å². The Balaban J connectivity index is 0.940. The van der Waals surface area contributed by atoms with Gasteiger partial charge < -0.3 is 23.9 Å². The summed E-state index contributed by atoms with van der Waals surface area (Å²) in [6.45, 7) is 6.36. The second-order valence-electron chi connectivity index (χ2n) is 14.9. The molecular formula is C46H39N7O6. The van der Waals surface area contributed by atoms with Crippen LogP contribution in [-0.4, -0.2) is 70.1 Å².